The Hall–Kier alpha value is -1.93. The van der Waals surface area contributed by atoms with Crippen LogP contribution < -0.4 is 10.0 Å². The van der Waals surface area contributed by atoms with Gasteiger partial charge in [0.15, 0.2) is 0 Å². The zero-order chi connectivity index (χ0) is 14.0. The molecule has 1 fully saturated rings. The minimum absolute atomic E-state index is 0.0253. The second-order valence-electron chi connectivity index (χ2n) is 4.14. The van der Waals surface area contributed by atoms with E-state index in [2.05, 4.69) is 5.32 Å². The minimum atomic E-state index is -3.76. The van der Waals surface area contributed by atoms with Gasteiger partial charge in [0.1, 0.15) is 0 Å². The van der Waals surface area contributed by atoms with Gasteiger partial charge in [-0.25, -0.2) is 4.72 Å². The number of nitrogens with one attached hydrogen (secondary N) is 2. The van der Waals surface area contributed by atoms with Crippen LogP contribution in [0.15, 0.2) is 24.3 Å². The Bertz CT molecular complexity index is 627. The molecule has 2 N–H and O–H groups in total. The summed E-state index contributed by atoms with van der Waals surface area (Å²) in [5.41, 5.74) is 1.15. The normalized spacial score (nSPS) is 18.1. The van der Waals surface area contributed by atoms with Gasteiger partial charge in [0.2, 0.25) is 11.8 Å². The van der Waals surface area contributed by atoms with Crippen LogP contribution in [-0.4, -0.2) is 31.1 Å². The predicted octanol–water partition coefficient (Wildman–Crippen LogP) is -0.178. The smallest absolute Gasteiger partial charge is 0.304 e. The van der Waals surface area contributed by atoms with Gasteiger partial charge in [0.25, 0.3) is 0 Å². The highest BCUT2D eigenvalue weighted by molar-refractivity contribution is 7.88. The molecular formula is C11H13N3O4S. The predicted molar refractivity (Wildman–Crippen MR) is 68.2 cm³/mol. The van der Waals surface area contributed by atoms with Gasteiger partial charge < -0.3 is 5.32 Å². The summed E-state index contributed by atoms with van der Waals surface area (Å²) < 4.78 is 26.2. The Kier molecular flexibility index (Phi) is 3.54. The van der Waals surface area contributed by atoms with Crippen LogP contribution in [0.2, 0.25) is 0 Å². The SMILES string of the molecule is CC(=O)Nc1ccccc1CN1CC(=O)NS1(=O)=O. The average molecular weight is 283 g/mol. The number of nitrogens with zero attached hydrogens (tertiary/aromatic N) is 1. The summed E-state index contributed by atoms with van der Waals surface area (Å²) in [6, 6.07) is 6.84. The fourth-order valence-electron chi connectivity index (χ4n) is 1.79. The van der Waals surface area contributed by atoms with E-state index in [9.17, 15) is 18.0 Å². The molecule has 0 spiro atoms. The van der Waals surface area contributed by atoms with E-state index >= 15 is 0 Å². The fraction of sp³-hybridized carbons (Fsp3) is 0.273. The first kappa shape index (κ1) is 13.5. The van der Waals surface area contributed by atoms with Gasteiger partial charge in [0.05, 0.1) is 6.54 Å². The number of hydrogen-bond donors (Lipinski definition) is 2. The second-order valence-corrected chi connectivity index (χ2v) is 5.81. The molecule has 0 aromatic heterocycles. The highest BCUT2D eigenvalue weighted by atomic mass is 32.2. The van der Waals surface area contributed by atoms with Crippen LogP contribution >= 0.6 is 0 Å². The molecule has 1 heterocycles. The van der Waals surface area contributed by atoms with Gasteiger partial charge in [-0.2, -0.15) is 12.7 Å². The highest BCUT2D eigenvalue weighted by Crippen LogP contribution is 2.19. The molecule has 2 rings (SSSR count). The van der Waals surface area contributed by atoms with Crippen LogP contribution in [-0.2, 0) is 26.3 Å². The third kappa shape index (κ3) is 3.09. The summed E-state index contributed by atoms with van der Waals surface area (Å²) in [7, 11) is -3.76. The van der Waals surface area contributed by atoms with Crippen molar-refractivity contribution >= 4 is 27.7 Å². The molecule has 0 bridgehead atoms. The molecule has 1 aromatic carbocycles. The monoisotopic (exact) mass is 283 g/mol. The number of benzene rings is 1. The van der Waals surface area contributed by atoms with Crippen molar-refractivity contribution in [2.24, 2.45) is 0 Å². The van der Waals surface area contributed by atoms with Crippen LogP contribution in [0.1, 0.15) is 12.5 Å². The first-order valence-electron chi connectivity index (χ1n) is 5.55. The Morgan fingerprint density at radius 3 is 2.68 bits per heavy atom. The van der Waals surface area contributed by atoms with Crippen molar-refractivity contribution in [3.8, 4) is 0 Å². The first-order chi connectivity index (χ1) is 8.88. The fourth-order valence-corrected chi connectivity index (χ4v) is 2.86. The third-order valence-corrected chi connectivity index (χ3v) is 4.00. The Balaban J connectivity index is 2.24. The maximum atomic E-state index is 11.6. The summed E-state index contributed by atoms with van der Waals surface area (Å²) in [5, 5.41) is 2.62. The van der Waals surface area contributed by atoms with E-state index in [-0.39, 0.29) is 19.0 Å². The molecule has 2 amide bonds. The van der Waals surface area contributed by atoms with Crippen molar-refractivity contribution in [2.45, 2.75) is 13.5 Å². The van der Waals surface area contributed by atoms with Gasteiger partial charge in [-0.3, -0.25) is 9.59 Å². The molecule has 1 saturated heterocycles. The van der Waals surface area contributed by atoms with Gasteiger partial charge in [0, 0.05) is 19.2 Å². The zero-order valence-corrected chi connectivity index (χ0v) is 11.0. The summed E-state index contributed by atoms with van der Waals surface area (Å²) in [4.78, 5) is 22.2. The number of carbonyl (C=O) groups excluding carboxylic acids is 2. The molecule has 0 unspecified atom stereocenters. The second kappa shape index (κ2) is 4.98. The first-order valence-corrected chi connectivity index (χ1v) is 6.99. The van der Waals surface area contributed by atoms with E-state index in [1.54, 1.807) is 24.3 Å². The molecule has 102 valence electrons. The number of amides is 2. The van der Waals surface area contributed by atoms with Crippen LogP contribution in [0, 0.1) is 0 Å². The molecule has 1 aliphatic rings. The number of hydrogen-bond acceptors (Lipinski definition) is 4. The van der Waals surface area contributed by atoms with Crippen molar-refractivity contribution in [2.75, 3.05) is 11.9 Å². The molecule has 0 aliphatic carbocycles. The molecule has 19 heavy (non-hydrogen) atoms. The Morgan fingerprint density at radius 2 is 2.11 bits per heavy atom. The quantitative estimate of drug-likeness (QED) is 0.804. The van der Waals surface area contributed by atoms with Gasteiger partial charge in [-0.15, -0.1) is 0 Å². The van der Waals surface area contributed by atoms with Crippen LogP contribution in [0.5, 0.6) is 0 Å². The third-order valence-electron chi connectivity index (χ3n) is 2.58. The lowest BCUT2D eigenvalue weighted by Gasteiger charge is -2.15. The summed E-state index contributed by atoms with van der Waals surface area (Å²) in [6.07, 6.45) is 0. The molecule has 1 aliphatic heterocycles. The standard InChI is InChI=1S/C11H13N3O4S/c1-8(15)12-10-5-3-2-4-9(10)6-14-7-11(16)13-19(14,17)18/h2-5H,6-7H2,1H3,(H,12,15)(H,13,16). The minimum Gasteiger partial charge on any atom is -0.326 e. The zero-order valence-electron chi connectivity index (χ0n) is 10.2. The van der Waals surface area contributed by atoms with E-state index < -0.39 is 16.1 Å². The number of rotatable bonds is 3. The molecule has 0 radical (unpaired) electrons. The average Bonchev–Trinajstić information content (AvgIpc) is 2.54. The maximum Gasteiger partial charge on any atom is 0.304 e. The summed E-state index contributed by atoms with van der Waals surface area (Å²) >= 11 is 0. The van der Waals surface area contributed by atoms with Crippen LogP contribution in [0.25, 0.3) is 0 Å². The highest BCUT2D eigenvalue weighted by Gasteiger charge is 2.33. The lowest BCUT2D eigenvalue weighted by atomic mass is 10.1. The van der Waals surface area contributed by atoms with E-state index in [4.69, 9.17) is 0 Å². The lowest BCUT2D eigenvalue weighted by Crippen LogP contribution is -2.29. The topological polar surface area (TPSA) is 95.6 Å². The van der Waals surface area contributed by atoms with Crippen molar-refractivity contribution in [3.63, 3.8) is 0 Å². The van der Waals surface area contributed by atoms with E-state index in [1.807, 2.05) is 4.72 Å². The summed E-state index contributed by atoms with van der Waals surface area (Å²) in [6.45, 7) is 1.18. The van der Waals surface area contributed by atoms with E-state index in [0.29, 0.717) is 11.3 Å². The van der Waals surface area contributed by atoms with Crippen LogP contribution in [0.3, 0.4) is 0 Å². The van der Waals surface area contributed by atoms with Gasteiger partial charge in [-0.1, -0.05) is 18.2 Å². The molecule has 0 atom stereocenters. The number of para-hydroxylation sites is 1. The molecule has 7 nitrogen and oxygen atoms in total. The van der Waals surface area contributed by atoms with Crippen molar-refractivity contribution in [1.82, 2.24) is 9.03 Å². The number of carbonyl (C=O) groups is 2. The van der Waals surface area contributed by atoms with E-state index in [0.717, 1.165) is 4.31 Å². The van der Waals surface area contributed by atoms with Gasteiger partial charge in [-0.05, 0) is 11.6 Å². The van der Waals surface area contributed by atoms with E-state index in [1.165, 1.54) is 6.92 Å². The number of anilines is 1. The van der Waals surface area contributed by atoms with Crippen LogP contribution in [0.4, 0.5) is 5.69 Å². The molecule has 1 aromatic rings. The Labute approximate surface area is 110 Å². The largest absolute Gasteiger partial charge is 0.326 e. The van der Waals surface area contributed by atoms with Crippen molar-refractivity contribution < 1.29 is 18.0 Å². The Morgan fingerprint density at radius 1 is 1.42 bits per heavy atom. The molecule has 8 heteroatoms. The maximum absolute atomic E-state index is 11.6. The van der Waals surface area contributed by atoms with Crippen molar-refractivity contribution in [1.29, 1.82) is 0 Å². The summed E-state index contributed by atoms with van der Waals surface area (Å²) in [5.74, 6) is -0.803. The van der Waals surface area contributed by atoms with Crippen molar-refractivity contribution in [3.05, 3.63) is 29.8 Å². The lowest BCUT2D eigenvalue weighted by molar-refractivity contribution is -0.118. The molecule has 0 saturated carbocycles. The van der Waals surface area contributed by atoms with Gasteiger partial charge >= 0.3 is 10.2 Å². The molecular weight excluding hydrogens is 270 g/mol.